The van der Waals surface area contributed by atoms with Crippen molar-refractivity contribution >= 4 is 28.6 Å². The molecule has 2 aromatic heterocycles. The molecule has 2 heterocycles. The monoisotopic (exact) mass is 295 g/mol. The van der Waals surface area contributed by atoms with Gasteiger partial charge in [-0.2, -0.15) is 9.97 Å². The Morgan fingerprint density at radius 3 is 2.90 bits per heavy atom. The zero-order valence-corrected chi connectivity index (χ0v) is 10.7. The van der Waals surface area contributed by atoms with Gasteiger partial charge in [-0.3, -0.25) is 0 Å². The lowest BCUT2D eigenvalue weighted by Crippen LogP contribution is -2.05. The van der Waals surface area contributed by atoms with Gasteiger partial charge in [0.25, 0.3) is 0 Å². The van der Waals surface area contributed by atoms with Gasteiger partial charge in [0.1, 0.15) is 17.2 Å². The Balaban J connectivity index is 1.88. The number of halogens is 3. The number of benzene rings is 1. The van der Waals surface area contributed by atoms with Crippen molar-refractivity contribution in [1.29, 1.82) is 0 Å². The summed E-state index contributed by atoms with van der Waals surface area (Å²) in [7, 11) is 0. The van der Waals surface area contributed by atoms with E-state index in [4.69, 9.17) is 11.6 Å². The first-order valence-corrected chi connectivity index (χ1v) is 6.05. The van der Waals surface area contributed by atoms with E-state index in [0.29, 0.717) is 22.5 Å². The van der Waals surface area contributed by atoms with Crippen LogP contribution in [0.5, 0.6) is 0 Å². The molecule has 0 spiro atoms. The number of fused-ring (bicyclic) bond motifs is 1. The van der Waals surface area contributed by atoms with Gasteiger partial charge in [-0.05, 0) is 17.7 Å². The van der Waals surface area contributed by atoms with Gasteiger partial charge in [-0.1, -0.05) is 6.07 Å². The molecule has 8 heteroatoms. The van der Waals surface area contributed by atoms with Crippen LogP contribution in [0.2, 0.25) is 5.28 Å². The molecule has 0 aliphatic rings. The van der Waals surface area contributed by atoms with Gasteiger partial charge in [-0.25, -0.2) is 13.8 Å². The number of nitrogens with zero attached hydrogens (tertiary/aromatic N) is 3. The second-order valence-electron chi connectivity index (χ2n) is 4.03. The maximum absolute atomic E-state index is 13.5. The van der Waals surface area contributed by atoms with Crippen LogP contribution in [-0.4, -0.2) is 19.9 Å². The fraction of sp³-hybridized carbons (Fsp3) is 0.0833. The molecule has 0 radical (unpaired) electrons. The third kappa shape index (κ3) is 2.39. The van der Waals surface area contributed by atoms with Gasteiger partial charge in [-0.15, -0.1) is 0 Å². The lowest BCUT2D eigenvalue weighted by molar-refractivity contribution is 0.574. The van der Waals surface area contributed by atoms with E-state index in [1.807, 2.05) is 0 Å². The lowest BCUT2D eigenvalue weighted by Gasteiger charge is -2.07. The standard InChI is InChI=1S/C12H8ClF2N5/c13-12-19-10(9-11(20-12)18-5-17-9)16-4-6-1-2-7(14)3-8(6)15/h1-3,5H,4H2,(H2,16,17,18,19,20). The summed E-state index contributed by atoms with van der Waals surface area (Å²) in [5, 5.41) is 2.96. The Labute approximate surface area is 117 Å². The molecular formula is C12H8ClF2N5. The van der Waals surface area contributed by atoms with Crippen LogP contribution in [0.15, 0.2) is 24.5 Å². The molecule has 1 aromatic carbocycles. The van der Waals surface area contributed by atoms with Crippen molar-refractivity contribution in [1.82, 2.24) is 19.9 Å². The molecule has 0 fully saturated rings. The van der Waals surface area contributed by atoms with E-state index in [1.54, 1.807) is 0 Å². The topological polar surface area (TPSA) is 66.5 Å². The number of nitrogens with one attached hydrogen (secondary N) is 2. The molecule has 3 rings (SSSR count). The lowest BCUT2D eigenvalue weighted by atomic mass is 10.2. The number of imidazole rings is 1. The van der Waals surface area contributed by atoms with Crippen LogP contribution < -0.4 is 5.32 Å². The van der Waals surface area contributed by atoms with E-state index in [0.717, 1.165) is 6.07 Å². The average molecular weight is 296 g/mol. The van der Waals surface area contributed by atoms with Crippen molar-refractivity contribution in [3.05, 3.63) is 47.0 Å². The summed E-state index contributed by atoms with van der Waals surface area (Å²) >= 11 is 5.77. The highest BCUT2D eigenvalue weighted by atomic mass is 35.5. The highest BCUT2D eigenvalue weighted by molar-refractivity contribution is 6.28. The van der Waals surface area contributed by atoms with Crippen molar-refractivity contribution in [2.75, 3.05) is 5.32 Å². The Morgan fingerprint density at radius 2 is 2.10 bits per heavy atom. The molecule has 5 nitrogen and oxygen atoms in total. The number of H-pyrrole nitrogens is 1. The van der Waals surface area contributed by atoms with Gasteiger partial charge in [0, 0.05) is 18.2 Å². The van der Waals surface area contributed by atoms with Crippen LogP contribution in [0.1, 0.15) is 5.56 Å². The molecule has 0 unspecified atom stereocenters. The minimum absolute atomic E-state index is 0.0340. The van der Waals surface area contributed by atoms with Crippen LogP contribution in [0.25, 0.3) is 11.2 Å². The van der Waals surface area contributed by atoms with Gasteiger partial charge in [0.15, 0.2) is 11.5 Å². The first-order valence-electron chi connectivity index (χ1n) is 5.68. The molecule has 20 heavy (non-hydrogen) atoms. The largest absolute Gasteiger partial charge is 0.364 e. The van der Waals surface area contributed by atoms with Gasteiger partial charge in [0.2, 0.25) is 5.28 Å². The van der Waals surface area contributed by atoms with Gasteiger partial charge >= 0.3 is 0 Å². The maximum Gasteiger partial charge on any atom is 0.226 e. The molecule has 2 N–H and O–H groups in total. The molecule has 0 saturated carbocycles. The van der Waals surface area contributed by atoms with E-state index in [2.05, 4.69) is 25.3 Å². The van der Waals surface area contributed by atoms with E-state index in [9.17, 15) is 8.78 Å². The number of anilines is 1. The summed E-state index contributed by atoms with van der Waals surface area (Å²) < 4.78 is 26.3. The molecule has 102 valence electrons. The van der Waals surface area contributed by atoms with Crippen LogP contribution in [-0.2, 0) is 6.54 Å². The van der Waals surface area contributed by atoms with Crippen LogP contribution in [0, 0.1) is 11.6 Å². The first kappa shape index (κ1) is 12.7. The number of aromatic amines is 1. The summed E-state index contributed by atoms with van der Waals surface area (Å²) in [5.74, 6) is -0.841. The number of aromatic nitrogens is 4. The maximum atomic E-state index is 13.5. The van der Waals surface area contributed by atoms with Crippen molar-refractivity contribution in [3.63, 3.8) is 0 Å². The van der Waals surface area contributed by atoms with Crippen molar-refractivity contribution in [3.8, 4) is 0 Å². The third-order valence-electron chi connectivity index (χ3n) is 2.72. The fourth-order valence-electron chi connectivity index (χ4n) is 1.78. The Bertz CT molecular complexity index is 774. The second kappa shape index (κ2) is 5.01. The van der Waals surface area contributed by atoms with E-state index >= 15 is 0 Å². The fourth-order valence-corrected chi connectivity index (χ4v) is 1.94. The molecule has 0 aliphatic carbocycles. The van der Waals surface area contributed by atoms with Gasteiger partial charge < -0.3 is 10.3 Å². The van der Waals surface area contributed by atoms with Crippen LogP contribution >= 0.6 is 11.6 Å². The Kier molecular flexibility index (Phi) is 3.19. The normalized spacial score (nSPS) is 10.9. The van der Waals surface area contributed by atoms with E-state index in [-0.39, 0.29) is 11.8 Å². The molecular weight excluding hydrogens is 288 g/mol. The van der Waals surface area contributed by atoms with Crippen LogP contribution in [0.4, 0.5) is 14.6 Å². The smallest absolute Gasteiger partial charge is 0.226 e. The van der Waals surface area contributed by atoms with E-state index < -0.39 is 11.6 Å². The molecule has 0 atom stereocenters. The molecule has 3 aromatic rings. The Hall–Kier alpha value is -2.28. The zero-order chi connectivity index (χ0) is 14.1. The quantitative estimate of drug-likeness (QED) is 0.729. The molecule has 0 saturated heterocycles. The Morgan fingerprint density at radius 1 is 1.25 bits per heavy atom. The minimum atomic E-state index is -0.626. The van der Waals surface area contributed by atoms with E-state index in [1.165, 1.54) is 18.5 Å². The molecule has 0 aliphatic heterocycles. The summed E-state index contributed by atoms with van der Waals surface area (Å²) in [6.07, 6.45) is 1.46. The number of hydrogen-bond acceptors (Lipinski definition) is 4. The zero-order valence-electron chi connectivity index (χ0n) is 9.99. The summed E-state index contributed by atoms with van der Waals surface area (Å²) in [4.78, 5) is 14.8. The SMILES string of the molecule is Fc1ccc(CNc2nc(Cl)nc3nc[nH]c23)c(F)c1. The highest BCUT2D eigenvalue weighted by Gasteiger charge is 2.10. The van der Waals surface area contributed by atoms with Crippen molar-refractivity contribution in [2.24, 2.45) is 0 Å². The summed E-state index contributed by atoms with van der Waals surface area (Å²) in [6.45, 7) is 0.133. The number of hydrogen-bond donors (Lipinski definition) is 2. The molecule has 0 amide bonds. The van der Waals surface area contributed by atoms with Gasteiger partial charge in [0.05, 0.1) is 6.33 Å². The highest BCUT2D eigenvalue weighted by Crippen LogP contribution is 2.20. The van der Waals surface area contributed by atoms with Crippen LogP contribution in [0.3, 0.4) is 0 Å². The number of rotatable bonds is 3. The van der Waals surface area contributed by atoms with Crippen molar-refractivity contribution in [2.45, 2.75) is 6.54 Å². The molecule has 0 bridgehead atoms. The predicted molar refractivity (Wildman–Crippen MR) is 70.4 cm³/mol. The minimum Gasteiger partial charge on any atom is -0.364 e. The summed E-state index contributed by atoms with van der Waals surface area (Å²) in [6, 6.07) is 3.39. The predicted octanol–water partition coefficient (Wildman–Crippen LogP) is 2.90. The third-order valence-corrected chi connectivity index (χ3v) is 2.89. The average Bonchev–Trinajstić information content (AvgIpc) is 2.85. The second-order valence-corrected chi connectivity index (χ2v) is 4.37. The first-order chi connectivity index (χ1) is 9.63. The van der Waals surface area contributed by atoms with Crippen molar-refractivity contribution < 1.29 is 8.78 Å². The summed E-state index contributed by atoms with van der Waals surface area (Å²) in [5.41, 5.74) is 1.29.